The van der Waals surface area contributed by atoms with Crippen LogP contribution in [0.3, 0.4) is 0 Å². The largest absolute Gasteiger partial charge is 0.337 e. The Kier molecular flexibility index (Phi) is 7.67. The first kappa shape index (κ1) is 17.9. The molecule has 2 rings (SSSR count). The standard InChI is InChI=1S/C14H25N5O.ClH/c1-3-5-10-18(4-2)14(20)13-11-19(17-16-13)12-6-8-15-9-7-12;/h11-12,15H,3-10H2,1-2H3;1H. The number of carbonyl (C=O) groups is 1. The Morgan fingerprint density at radius 3 is 2.76 bits per heavy atom. The third-order valence-corrected chi connectivity index (χ3v) is 3.86. The van der Waals surface area contributed by atoms with E-state index in [9.17, 15) is 4.79 Å². The average Bonchev–Trinajstić information content (AvgIpc) is 2.98. The highest BCUT2D eigenvalue weighted by Gasteiger charge is 2.21. The number of nitrogens with zero attached hydrogens (tertiary/aromatic N) is 4. The van der Waals surface area contributed by atoms with Gasteiger partial charge in [-0.3, -0.25) is 4.79 Å². The van der Waals surface area contributed by atoms with Gasteiger partial charge in [0.25, 0.3) is 5.91 Å². The van der Waals surface area contributed by atoms with Gasteiger partial charge in [-0.2, -0.15) is 0 Å². The molecule has 0 bridgehead atoms. The van der Waals surface area contributed by atoms with Crippen molar-refractivity contribution in [3.05, 3.63) is 11.9 Å². The molecule has 0 aromatic carbocycles. The SMILES string of the molecule is CCCCN(CC)C(=O)c1cn(C2CCNCC2)nn1.Cl. The number of amides is 1. The molecule has 0 atom stereocenters. The lowest BCUT2D eigenvalue weighted by atomic mass is 10.1. The Labute approximate surface area is 132 Å². The summed E-state index contributed by atoms with van der Waals surface area (Å²) < 4.78 is 1.86. The second-order valence-corrected chi connectivity index (χ2v) is 5.30. The summed E-state index contributed by atoms with van der Waals surface area (Å²) in [6.45, 7) is 7.67. The first-order chi connectivity index (χ1) is 9.76. The fourth-order valence-corrected chi connectivity index (χ4v) is 2.54. The molecule has 0 spiro atoms. The highest BCUT2D eigenvalue weighted by molar-refractivity contribution is 5.91. The maximum absolute atomic E-state index is 12.4. The number of rotatable bonds is 6. The summed E-state index contributed by atoms with van der Waals surface area (Å²) in [5.74, 6) is 0.00105. The van der Waals surface area contributed by atoms with Crippen LogP contribution in [0, 0.1) is 0 Å². The lowest BCUT2D eigenvalue weighted by Crippen LogP contribution is -2.32. The highest BCUT2D eigenvalue weighted by atomic mass is 35.5. The van der Waals surface area contributed by atoms with Gasteiger partial charge < -0.3 is 10.2 Å². The molecule has 1 N–H and O–H groups in total. The van der Waals surface area contributed by atoms with Gasteiger partial charge in [0.1, 0.15) is 0 Å². The molecule has 0 aliphatic carbocycles. The molecule has 1 aromatic heterocycles. The molecule has 1 fully saturated rings. The van der Waals surface area contributed by atoms with Crippen molar-refractivity contribution in [2.45, 2.75) is 45.6 Å². The maximum atomic E-state index is 12.4. The van der Waals surface area contributed by atoms with Crippen LogP contribution in [0.5, 0.6) is 0 Å². The van der Waals surface area contributed by atoms with E-state index in [0.717, 1.165) is 51.9 Å². The molecule has 21 heavy (non-hydrogen) atoms. The number of hydrogen-bond acceptors (Lipinski definition) is 4. The molecule has 0 saturated carbocycles. The molecule has 1 aromatic rings. The molecule has 7 heteroatoms. The fraction of sp³-hybridized carbons (Fsp3) is 0.786. The third kappa shape index (κ3) is 4.68. The Bertz CT molecular complexity index is 431. The maximum Gasteiger partial charge on any atom is 0.276 e. The van der Waals surface area contributed by atoms with Crippen molar-refractivity contribution in [2.75, 3.05) is 26.2 Å². The number of hydrogen-bond donors (Lipinski definition) is 1. The van der Waals surface area contributed by atoms with Gasteiger partial charge in [-0.15, -0.1) is 17.5 Å². The minimum absolute atomic E-state index is 0. The summed E-state index contributed by atoms with van der Waals surface area (Å²) in [6, 6.07) is 0.371. The summed E-state index contributed by atoms with van der Waals surface area (Å²) >= 11 is 0. The van der Waals surface area contributed by atoms with Crippen molar-refractivity contribution in [3.8, 4) is 0 Å². The number of carbonyl (C=O) groups excluding carboxylic acids is 1. The second-order valence-electron chi connectivity index (χ2n) is 5.30. The van der Waals surface area contributed by atoms with Gasteiger partial charge in [-0.1, -0.05) is 18.6 Å². The highest BCUT2D eigenvalue weighted by Crippen LogP contribution is 2.17. The molecule has 6 nitrogen and oxygen atoms in total. The first-order valence-corrected chi connectivity index (χ1v) is 7.68. The van der Waals surface area contributed by atoms with E-state index < -0.39 is 0 Å². The first-order valence-electron chi connectivity index (χ1n) is 7.68. The second kappa shape index (κ2) is 9.00. The molecule has 1 aliphatic rings. The van der Waals surface area contributed by atoms with Gasteiger partial charge in [-0.25, -0.2) is 4.68 Å². The number of aromatic nitrogens is 3. The molecule has 120 valence electrons. The summed E-state index contributed by atoms with van der Waals surface area (Å²) in [5, 5.41) is 11.5. The van der Waals surface area contributed by atoms with Gasteiger partial charge in [0, 0.05) is 13.1 Å². The molecular weight excluding hydrogens is 290 g/mol. The molecule has 1 saturated heterocycles. The van der Waals surface area contributed by atoms with Crippen molar-refractivity contribution in [2.24, 2.45) is 0 Å². The van der Waals surface area contributed by atoms with E-state index in [-0.39, 0.29) is 18.3 Å². The van der Waals surface area contributed by atoms with Crippen molar-refractivity contribution in [1.29, 1.82) is 0 Å². The van der Waals surface area contributed by atoms with E-state index in [1.807, 2.05) is 22.7 Å². The molecule has 0 radical (unpaired) electrons. The van der Waals surface area contributed by atoms with Gasteiger partial charge in [-0.05, 0) is 39.3 Å². The van der Waals surface area contributed by atoms with Gasteiger partial charge in [0.2, 0.25) is 0 Å². The lowest BCUT2D eigenvalue weighted by molar-refractivity contribution is 0.0756. The van der Waals surface area contributed by atoms with Crippen LogP contribution in [0.25, 0.3) is 0 Å². The van der Waals surface area contributed by atoms with Crippen molar-refractivity contribution in [3.63, 3.8) is 0 Å². The number of piperidine rings is 1. The van der Waals surface area contributed by atoms with Crippen LogP contribution >= 0.6 is 12.4 Å². The monoisotopic (exact) mass is 315 g/mol. The fourth-order valence-electron chi connectivity index (χ4n) is 2.54. The molecule has 2 heterocycles. The van der Waals surface area contributed by atoms with Crippen LogP contribution in [-0.4, -0.2) is 52.0 Å². The molecular formula is C14H26ClN5O. The third-order valence-electron chi connectivity index (χ3n) is 3.86. The molecule has 1 amide bonds. The van der Waals surface area contributed by atoms with E-state index in [1.54, 1.807) is 0 Å². The summed E-state index contributed by atoms with van der Waals surface area (Å²) in [4.78, 5) is 14.2. The normalized spacial score (nSPS) is 15.5. The van der Waals surface area contributed by atoms with Crippen LogP contribution in [0.1, 0.15) is 56.1 Å². The predicted molar refractivity (Wildman–Crippen MR) is 84.9 cm³/mol. The smallest absolute Gasteiger partial charge is 0.276 e. The average molecular weight is 316 g/mol. The van der Waals surface area contributed by atoms with E-state index >= 15 is 0 Å². The minimum Gasteiger partial charge on any atom is -0.337 e. The number of nitrogens with one attached hydrogen (secondary N) is 1. The van der Waals surface area contributed by atoms with Gasteiger partial charge in [0.05, 0.1) is 12.2 Å². The summed E-state index contributed by atoms with van der Waals surface area (Å²) in [5.41, 5.74) is 0.474. The quantitative estimate of drug-likeness (QED) is 0.870. The van der Waals surface area contributed by atoms with Crippen LogP contribution < -0.4 is 5.32 Å². The van der Waals surface area contributed by atoms with Crippen molar-refractivity contribution >= 4 is 18.3 Å². The van der Waals surface area contributed by atoms with Crippen LogP contribution in [-0.2, 0) is 0 Å². The number of unbranched alkanes of at least 4 members (excludes halogenated alkanes) is 1. The summed E-state index contributed by atoms with van der Waals surface area (Å²) in [7, 11) is 0. The zero-order valence-corrected chi connectivity index (χ0v) is 13.7. The lowest BCUT2D eigenvalue weighted by Gasteiger charge is -2.22. The Morgan fingerprint density at radius 1 is 1.43 bits per heavy atom. The Hall–Kier alpha value is -1.14. The zero-order valence-electron chi connectivity index (χ0n) is 12.9. The molecule has 1 aliphatic heterocycles. The predicted octanol–water partition coefficient (Wildman–Crippen LogP) is 1.89. The number of halogens is 1. The minimum atomic E-state index is 0. The van der Waals surface area contributed by atoms with E-state index in [2.05, 4.69) is 22.6 Å². The topological polar surface area (TPSA) is 63.1 Å². The van der Waals surface area contributed by atoms with Crippen molar-refractivity contribution < 1.29 is 4.79 Å². The van der Waals surface area contributed by atoms with E-state index in [0.29, 0.717) is 11.7 Å². The van der Waals surface area contributed by atoms with Crippen molar-refractivity contribution in [1.82, 2.24) is 25.2 Å². The zero-order chi connectivity index (χ0) is 14.4. The Morgan fingerprint density at radius 2 is 2.14 bits per heavy atom. The van der Waals surface area contributed by atoms with E-state index in [4.69, 9.17) is 0 Å². The van der Waals surface area contributed by atoms with Gasteiger partial charge in [0.15, 0.2) is 5.69 Å². The van der Waals surface area contributed by atoms with Crippen LogP contribution in [0.4, 0.5) is 0 Å². The van der Waals surface area contributed by atoms with Gasteiger partial charge >= 0.3 is 0 Å². The van der Waals surface area contributed by atoms with Crippen LogP contribution in [0.15, 0.2) is 6.20 Å². The van der Waals surface area contributed by atoms with E-state index in [1.165, 1.54) is 0 Å². The molecule has 0 unspecified atom stereocenters. The van der Waals surface area contributed by atoms with Crippen LogP contribution in [0.2, 0.25) is 0 Å². The Balaban J connectivity index is 0.00000220. The summed E-state index contributed by atoms with van der Waals surface area (Å²) in [6.07, 6.45) is 6.02.